The number of carbonyl (C=O) groups excluding carboxylic acids is 1. The minimum Gasteiger partial charge on any atom is -0.293 e. The molecule has 1 aromatic rings. The van der Waals surface area contributed by atoms with Crippen LogP contribution in [-0.4, -0.2) is 16.8 Å². The van der Waals surface area contributed by atoms with Gasteiger partial charge >= 0.3 is 0 Å². The Bertz CT molecular complexity index is 336. The first-order valence-corrected chi connectivity index (χ1v) is 6.61. The van der Waals surface area contributed by atoms with Crippen LogP contribution in [0.3, 0.4) is 0 Å². The van der Waals surface area contributed by atoms with E-state index in [0.717, 1.165) is 24.2 Å². The topological polar surface area (TPSA) is 17.1 Å². The van der Waals surface area contributed by atoms with Crippen LogP contribution in [-0.2, 0) is 6.42 Å². The fourth-order valence-corrected chi connectivity index (χ4v) is 3.11. The molecule has 0 amide bonds. The lowest BCUT2D eigenvalue weighted by molar-refractivity contribution is 0.0988. The van der Waals surface area contributed by atoms with E-state index in [1.807, 2.05) is 12.1 Å². The lowest BCUT2D eigenvalue weighted by Gasteiger charge is -2.07. The van der Waals surface area contributed by atoms with Crippen molar-refractivity contribution in [2.45, 2.75) is 31.4 Å². The molecule has 1 heterocycles. The summed E-state index contributed by atoms with van der Waals surface area (Å²) in [5, 5.41) is 0.220. The third kappa shape index (κ3) is 2.43. The van der Waals surface area contributed by atoms with Gasteiger partial charge in [0.25, 0.3) is 0 Å². The Morgan fingerprint density at radius 3 is 2.67 bits per heavy atom. The molecule has 1 aliphatic rings. The summed E-state index contributed by atoms with van der Waals surface area (Å²) < 4.78 is 0. The predicted molar refractivity (Wildman–Crippen MR) is 65.6 cm³/mol. The Kier molecular flexibility index (Phi) is 3.47. The third-order valence-corrected chi connectivity index (χ3v) is 4.25. The van der Waals surface area contributed by atoms with Crippen molar-refractivity contribution >= 4 is 17.5 Å². The summed E-state index contributed by atoms with van der Waals surface area (Å²) in [6.45, 7) is 2.13. The average molecular weight is 220 g/mol. The van der Waals surface area contributed by atoms with E-state index in [-0.39, 0.29) is 5.25 Å². The second kappa shape index (κ2) is 4.84. The SMILES string of the molecule is CCc1ccc(C(=O)C2CCCS2)cc1. The van der Waals surface area contributed by atoms with E-state index in [4.69, 9.17) is 0 Å². The molecular weight excluding hydrogens is 204 g/mol. The predicted octanol–water partition coefficient (Wildman–Crippen LogP) is 3.33. The van der Waals surface area contributed by atoms with E-state index in [1.165, 1.54) is 12.0 Å². The van der Waals surface area contributed by atoms with Gasteiger partial charge in [-0.15, -0.1) is 0 Å². The first-order valence-electron chi connectivity index (χ1n) is 5.56. The van der Waals surface area contributed by atoms with Gasteiger partial charge in [0.1, 0.15) is 0 Å². The lowest BCUT2D eigenvalue weighted by atomic mass is 10.0. The Balaban J connectivity index is 2.11. The zero-order chi connectivity index (χ0) is 10.7. The summed E-state index contributed by atoms with van der Waals surface area (Å²) in [7, 11) is 0. The van der Waals surface area contributed by atoms with Gasteiger partial charge in [-0.05, 0) is 30.6 Å². The van der Waals surface area contributed by atoms with Crippen molar-refractivity contribution < 1.29 is 4.79 Å². The average Bonchev–Trinajstić information content (AvgIpc) is 2.82. The van der Waals surface area contributed by atoms with E-state index >= 15 is 0 Å². The molecule has 1 saturated heterocycles. The van der Waals surface area contributed by atoms with Crippen molar-refractivity contribution in [1.29, 1.82) is 0 Å². The van der Waals surface area contributed by atoms with Crippen LogP contribution in [0.15, 0.2) is 24.3 Å². The molecule has 1 aliphatic heterocycles. The van der Waals surface area contributed by atoms with E-state index < -0.39 is 0 Å². The minimum atomic E-state index is 0.220. The monoisotopic (exact) mass is 220 g/mol. The molecule has 0 bridgehead atoms. The first kappa shape index (κ1) is 10.7. The molecule has 15 heavy (non-hydrogen) atoms. The number of Topliss-reactive ketones (excluding diaryl/α,β-unsaturated/α-hetero) is 1. The van der Waals surface area contributed by atoms with Gasteiger partial charge in [0.05, 0.1) is 5.25 Å². The number of thioether (sulfide) groups is 1. The molecule has 0 N–H and O–H groups in total. The molecule has 0 radical (unpaired) electrons. The van der Waals surface area contributed by atoms with Crippen molar-refractivity contribution in [3.8, 4) is 0 Å². The van der Waals surface area contributed by atoms with Crippen molar-refractivity contribution in [3.63, 3.8) is 0 Å². The summed E-state index contributed by atoms with van der Waals surface area (Å²) in [4.78, 5) is 12.0. The van der Waals surface area contributed by atoms with Gasteiger partial charge in [-0.2, -0.15) is 11.8 Å². The molecule has 1 fully saturated rings. The molecular formula is C13H16OS. The number of hydrogen-bond acceptors (Lipinski definition) is 2. The van der Waals surface area contributed by atoms with Gasteiger partial charge in [-0.3, -0.25) is 4.79 Å². The quantitative estimate of drug-likeness (QED) is 0.727. The molecule has 1 nitrogen and oxygen atoms in total. The summed E-state index contributed by atoms with van der Waals surface area (Å²) in [6, 6.07) is 8.07. The van der Waals surface area contributed by atoms with E-state index in [1.54, 1.807) is 11.8 Å². The van der Waals surface area contributed by atoms with Crippen LogP contribution >= 0.6 is 11.8 Å². The number of rotatable bonds is 3. The van der Waals surface area contributed by atoms with Gasteiger partial charge < -0.3 is 0 Å². The summed E-state index contributed by atoms with van der Waals surface area (Å²) in [5.74, 6) is 1.46. The second-order valence-electron chi connectivity index (χ2n) is 3.92. The van der Waals surface area contributed by atoms with Gasteiger partial charge in [0, 0.05) is 5.56 Å². The van der Waals surface area contributed by atoms with Crippen LogP contribution in [0.2, 0.25) is 0 Å². The van der Waals surface area contributed by atoms with Crippen LogP contribution in [0.5, 0.6) is 0 Å². The molecule has 1 aromatic carbocycles. The molecule has 0 spiro atoms. The fourth-order valence-electron chi connectivity index (χ4n) is 1.88. The zero-order valence-electron chi connectivity index (χ0n) is 9.03. The Morgan fingerprint density at radius 1 is 1.40 bits per heavy atom. The van der Waals surface area contributed by atoms with Crippen LogP contribution in [0, 0.1) is 0 Å². The Hall–Kier alpha value is -0.760. The van der Waals surface area contributed by atoms with Crippen LogP contribution in [0.25, 0.3) is 0 Å². The highest BCUT2D eigenvalue weighted by Crippen LogP contribution is 2.29. The molecule has 0 aliphatic carbocycles. The Morgan fingerprint density at radius 2 is 2.13 bits per heavy atom. The first-order chi connectivity index (χ1) is 7.31. The highest BCUT2D eigenvalue weighted by atomic mass is 32.2. The molecule has 0 saturated carbocycles. The number of aryl methyl sites for hydroxylation is 1. The van der Waals surface area contributed by atoms with E-state index in [9.17, 15) is 4.79 Å². The van der Waals surface area contributed by atoms with Gasteiger partial charge in [0.2, 0.25) is 0 Å². The zero-order valence-corrected chi connectivity index (χ0v) is 9.85. The summed E-state index contributed by atoms with van der Waals surface area (Å²) >= 11 is 1.81. The van der Waals surface area contributed by atoms with Crippen molar-refractivity contribution in [1.82, 2.24) is 0 Å². The van der Waals surface area contributed by atoms with Gasteiger partial charge in [-0.25, -0.2) is 0 Å². The lowest BCUT2D eigenvalue weighted by Crippen LogP contribution is -2.13. The minimum absolute atomic E-state index is 0.220. The highest BCUT2D eigenvalue weighted by molar-refractivity contribution is 8.00. The van der Waals surface area contributed by atoms with Crippen LogP contribution in [0.1, 0.15) is 35.7 Å². The number of ketones is 1. The highest BCUT2D eigenvalue weighted by Gasteiger charge is 2.24. The molecule has 2 heteroatoms. The van der Waals surface area contributed by atoms with Gasteiger partial charge in [-0.1, -0.05) is 31.2 Å². The normalized spacial score (nSPS) is 20.5. The van der Waals surface area contributed by atoms with Gasteiger partial charge in [0.15, 0.2) is 5.78 Å². The largest absolute Gasteiger partial charge is 0.293 e. The molecule has 1 unspecified atom stereocenters. The maximum atomic E-state index is 12.0. The van der Waals surface area contributed by atoms with Crippen LogP contribution < -0.4 is 0 Å². The number of carbonyl (C=O) groups is 1. The standard InChI is InChI=1S/C13H16OS/c1-2-10-5-7-11(8-6-10)13(14)12-4-3-9-15-12/h5-8,12H,2-4,9H2,1H3. The maximum absolute atomic E-state index is 12.0. The summed E-state index contributed by atoms with van der Waals surface area (Å²) in [6.07, 6.45) is 3.28. The second-order valence-corrected chi connectivity index (χ2v) is 5.23. The van der Waals surface area contributed by atoms with Crippen molar-refractivity contribution in [2.24, 2.45) is 0 Å². The van der Waals surface area contributed by atoms with Crippen LogP contribution in [0.4, 0.5) is 0 Å². The molecule has 1 atom stereocenters. The fraction of sp³-hybridized carbons (Fsp3) is 0.462. The molecule has 0 aromatic heterocycles. The van der Waals surface area contributed by atoms with E-state index in [0.29, 0.717) is 5.78 Å². The van der Waals surface area contributed by atoms with E-state index in [2.05, 4.69) is 19.1 Å². The van der Waals surface area contributed by atoms with Crippen molar-refractivity contribution in [3.05, 3.63) is 35.4 Å². The number of hydrogen-bond donors (Lipinski definition) is 0. The summed E-state index contributed by atoms with van der Waals surface area (Å²) in [5.41, 5.74) is 2.18. The molecule has 80 valence electrons. The third-order valence-electron chi connectivity index (χ3n) is 2.87. The Labute approximate surface area is 95.3 Å². The van der Waals surface area contributed by atoms with Crippen molar-refractivity contribution in [2.75, 3.05) is 5.75 Å². The number of benzene rings is 1. The maximum Gasteiger partial charge on any atom is 0.175 e. The smallest absolute Gasteiger partial charge is 0.175 e. The molecule has 2 rings (SSSR count).